The average Bonchev–Trinajstić information content (AvgIpc) is 2.41. The van der Waals surface area contributed by atoms with E-state index in [0.29, 0.717) is 26.3 Å². The van der Waals surface area contributed by atoms with E-state index in [2.05, 4.69) is 5.32 Å². The van der Waals surface area contributed by atoms with Gasteiger partial charge in [0, 0.05) is 12.6 Å². The second kappa shape index (κ2) is 6.47. The molecule has 0 radical (unpaired) electrons. The molecule has 21 heavy (non-hydrogen) atoms. The lowest BCUT2D eigenvalue weighted by molar-refractivity contribution is -0.387. The molecule has 0 atom stereocenters. The molecule has 4 nitrogen and oxygen atoms in total. The van der Waals surface area contributed by atoms with Gasteiger partial charge in [0.1, 0.15) is 0 Å². The van der Waals surface area contributed by atoms with Crippen LogP contribution in [-0.2, 0) is 6.54 Å². The van der Waals surface area contributed by atoms with Crippen LogP contribution in [0.1, 0.15) is 5.56 Å². The van der Waals surface area contributed by atoms with Crippen molar-refractivity contribution in [3.05, 3.63) is 66.9 Å². The molecule has 0 aliphatic rings. The Morgan fingerprint density at radius 2 is 1.76 bits per heavy atom. The predicted octanol–water partition coefficient (Wildman–Crippen LogP) is 5.31. The summed E-state index contributed by atoms with van der Waals surface area (Å²) in [6.07, 6.45) is 0. The number of nitrogens with zero attached hydrogens (tertiary/aromatic N) is 1. The summed E-state index contributed by atoms with van der Waals surface area (Å²) in [5.74, 6) is -0.889. The standard InChI is InChI=1S/C13H8Cl3FN2O2/c14-8-4-10(16)12(5-9(8)15)18-6-7-1-2-13(19(20)21)11(17)3-7/h1-5,18H,6H2. The van der Waals surface area contributed by atoms with Gasteiger partial charge in [-0.05, 0) is 23.8 Å². The Kier molecular flexibility index (Phi) is 4.88. The minimum Gasteiger partial charge on any atom is -0.380 e. The summed E-state index contributed by atoms with van der Waals surface area (Å²) in [5, 5.41) is 14.5. The van der Waals surface area contributed by atoms with Crippen LogP contribution in [0.15, 0.2) is 30.3 Å². The lowest BCUT2D eigenvalue weighted by Crippen LogP contribution is -2.01. The van der Waals surface area contributed by atoms with E-state index in [1.165, 1.54) is 12.1 Å². The number of anilines is 1. The highest BCUT2D eigenvalue weighted by molar-refractivity contribution is 6.44. The van der Waals surface area contributed by atoms with Crippen molar-refractivity contribution in [1.82, 2.24) is 0 Å². The third kappa shape index (κ3) is 3.75. The Labute approximate surface area is 134 Å². The maximum absolute atomic E-state index is 13.5. The molecule has 0 unspecified atom stereocenters. The van der Waals surface area contributed by atoms with Crippen molar-refractivity contribution in [3.63, 3.8) is 0 Å². The first-order valence-electron chi connectivity index (χ1n) is 5.69. The topological polar surface area (TPSA) is 55.2 Å². The fourth-order valence-electron chi connectivity index (χ4n) is 1.66. The first-order valence-corrected chi connectivity index (χ1v) is 6.83. The minimum atomic E-state index is -0.889. The van der Waals surface area contributed by atoms with E-state index in [4.69, 9.17) is 34.8 Å². The zero-order valence-electron chi connectivity index (χ0n) is 10.4. The van der Waals surface area contributed by atoms with Gasteiger partial charge in [-0.25, -0.2) is 0 Å². The Hall–Kier alpha value is -1.56. The van der Waals surface area contributed by atoms with E-state index < -0.39 is 16.4 Å². The summed E-state index contributed by atoms with van der Waals surface area (Å²) >= 11 is 17.7. The van der Waals surface area contributed by atoms with E-state index in [0.717, 1.165) is 12.1 Å². The number of hydrogen-bond donors (Lipinski definition) is 1. The maximum atomic E-state index is 13.5. The SMILES string of the molecule is O=[N+]([O-])c1ccc(CNc2cc(Cl)c(Cl)cc2Cl)cc1F. The smallest absolute Gasteiger partial charge is 0.304 e. The molecule has 1 N–H and O–H groups in total. The monoisotopic (exact) mass is 348 g/mol. The van der Waals surface area contributed by atoms with Gasteiger partial charge in [0.25, 0.3) is 0 Å². The molecule has 0 amide bonds. The number of nitro benzene ring substituents is 1. The zero-order valence-corrected chi connectivity index (χ0v) is 12.6. The quantitative estimate of drug-likeness (QED) is 0.462. The highest BCUT2D eigenvalue weighted by Gasteiger charge is 2.14. The third-order valence-electron chi connectivity index (χ3n) is 2.70. The van der Waals surface area contributed by atoms with Crippen LogP contribution in [0.25, 0.3) is 0 Å². The summed E-state index contributed by atoms with van der Waals surface area (Å²) in [6, 6.07) is 6.71. The van der Waals surface area contributed by atoms with Gasteiger partial charge in [-0.3, -0.25) is 10.1 Å². The molecule has 0 bridgehead atoms. The molecule has 2 aromatic rings. The molecule has 8 heteroatoms. The molecule has 0 aromatic heterocycles. The maximum Gasteiger partial charge on any atom is 0.304 e. The number of nitro groups is 1. The molecule has 0 aliphatic heterocycles. The van der Waals surface area contributed by atoms with Gasteiger partial charge in [-0.1, -0.05) is 40.9 Å². The van der Waals surface area contributed by atoms with E-state index in [1.54, 1.807) is 6.07 Å². The van der Waals surface area contributed by atoms with Gasteiger partial charge in [0.05, 0.1) is 25.7 Å². The van der Waals surface area contributed by atoms with Gasteiger partial charge in [0.2, 0.25) is 5.82 Å². The highest BCUT2D eigenvalue weighted by atomic mass is 35.5. The zero-order chi connectivity index (χ0) is 15.6. The van der Waals surface area contributed by atoms with Crippen LogP contribution in [0.5, 0.6) is 0 Å². The molecule has 0 saturated heterocycles. The summed E-state index contributed by atoms with van der Waals surface area (Å²) in [4.78, 5) is 9.76. The van der Waals surface area contributed by atoms with Gasteiger partial charge < -0.3 is 5.32 Å². The van der Waals surface area contributed by atoms with Crippen molar-refractivity contribution < 1.29 is 9.31 Å². The van der Waals surface area contributed by atoms with Crippen LogP contribution in [0.4, 0.5) is 15.8 Å². The number of benzene rings is 2. The van der Waals surface area contributed by atoms with E-state index >= 15 is 0 Å². The van der Waals surface area contributed by atoms with E-state index in [9.17, 15) is 14.5 Å². The molecule has 110 valence electrons. The minimum absolute atomic E-state index is 0.229. The van der Waals surface area contributed by atoms with Crippen molar-refractivity contribution in [3.8, 4) is 0 Å². The second-order valence-electron chi connectivity index (χ2n) is 4.14. The Bertz CT molecular complexity index is 710. The number of nitrogens with one attached hydrogen (secondary N) is 1. The lowest BCUT2D eigenvalue weighted by Gasteiger charge is -2.10. The van der Waals surface area contributed by atoms with Crippen LogP contribution in [0, 0.1) is 15.9 Å². The van der Waals surface area contributed by atoms with Crippen LogP contribution in [-0.4, -0.2) is 4.92 Å². The van der Waals surface area contributed by atoms with Crippen molar-refractivity contribution >= 4 is 46.2 Å². The fourth-order valence-corrected chi connectivity index (χ4v) is 2.28. The van der Waals surface area contributed by atoms with Crippen LogP contribution in [0.2, 0.25) is 15.1 Å². The van der Waals surface area contributed by atoms with E-state index in [-0.39, 0.29) is 6.54 Å². The van der Waals surface area contributed by atoms with Crippen LogP contribution < -0.4 is 5.32 Å². The summed E-state index contributed by atoms with van der Waals surface area (Å²) < 4.78 is 13.5. The van der Waals surface area contributed by atoms with Crippen molar-refractivity contribution in [2.45, 2.75) is 6.54 Å². The molecule has 2 aromatic carbocycles. The summed E-state index contributed by atoms with van der Waals surface area (Å²) in [5.41, 5.74) is 0.497. The third-order valence-corrected chi connectivity index (χ3v) is 3.74. The Morgan fingerprint density at radius 1 is 1.10 bits per heavy atom. The summed E-state index contributed by atoms with van der Waals surface area (Å²) in [6.45, 7) is 0.229. The fraction of sp³-hybridized carbons (Fsp3) is 0.0769. The number of halogens is 4. The Balaban J connectivity index is 2.15. The molecule has 0 spiro atoms. The van der Waals surface area contributed by atoms with Gasteiger partial charge >= 0.3 is 5.69 Å². The number of rotatable bonds is 4. The van der Waals surface area contributed by atoms with Crippen LogP contribution >= 0.6 is 34.8 Å². The predicted molar refractivity (Wildman–Crippen MR) is 81.9 cm³/mol. The molecule has 2 rings (SSSR count). The lowest BCUT2D eigenvalue weighted by atomic mass is 10.2. The normalized spacial score (nSPS) is 10.5. The van der Waals surface area contributed by atoms with Crippen molar-refractivity contribution in [2.75, 3.05) is 5.32 Å². The second-order valence-corrected chi connectivity index (χ2v) is 5.36. The molecule has 0 fully saturated rings. The molecular formula is C13H8Cl3FN2O2. The first kappa shape index (κ1) is 15.8. The molecule has 0 aliphatic carbocycles. The van der Waals surface area contributed by atoms with Gasteiger partial charge in [0.15, 0.2) is 0 Å². The Morgan fingerprint density at radius 3 is 2.38 bits per heavy atom. The number of hydrogen-bond acceptors (Lipinski definition) is 3. The molecular weight excluding hydrogens is 342 g/mol. The van der Waals surface area contributed by atoms with Crippen molar-refractivity contribution in [2.24, 2.45) is 0 Å². The summed E-state index contributed by atoms with van der Waals surface area (Å²) in [7, 11) is 0. The average molecular weight is 350 g/mol. The van der Waals surface area contributed by atoms with Crippen LogP contribution in [0.3, 0.4) is 0 Å². The first-order chi connectivity index (χ1) is 9.88. The van der Waals surface area contributed by atoms with Crippen molar-refractivity contribution in [1.29, 1.82) is 0 Å². The van der Waals surface area contributed by atoms with Gasteiger partial charge in [-0.15, -0.1) is 0 Å². The molecule has 0 saturated carbocycles. The largest absolute Gasteiger partial charge is 0.380 e. The highest BCUT2D eigenvalue weighted by Crippen LogP contribution is 2.32. The van der Waals surface area contributed by atoms with Gasteiger partial charge in [-0.2, -0.15) is 4.39 Å². The molecule has 0 heterocycles. The van der Waals surface area contributed by atoms with E-state index in [1.807, 2.05) is 0 Å².